The van der Waals surface area contributed by atoms with Crippen LogP contribution < -0.4 is 4.74 Å². The van der Waals surface area contributed by atoms with Crippen molar-refractivity contribution < 1.29 is 18.3 Å². The molecule has 1 aliphatic rings. The van der Waals surface area contributed by atoms with Gasteiger partial charge in [0.2, 0.25) is 0 Å². The fraction of sp³-hybridized carbons (Fsp3) is 0.381. The minimum absolute atomic E-state index is 0.0490. The smallest absolute Gasteiger partial charge is 0.253 e. The number of halogens is 2. The van der Waals surface area contributed by atoms with E-state index in [2.05, 4.69) is 0 Å². The first-order chi connectivity index (χ1) is 12.9. The van der Waals surface area contributed by atoms with Crippen LogP contribution in [0.3, 0.4) is 0 Å². The SMILES string of the molecule is CC(C)Oc1ccc(C(=O)N2CCSC(c3cc(F)ccc3F)CC2)cc1. The van der Waals surface area contributed by atoms with Crippen LogP contribution in [0, 0.1) is 11.6 Å². The first-order valence-electron chi connectivity index (χ1n) is 9.06. The van der Waals surface area contributed by atoms with E-state index in [0.29, 0.717) is 36.4 Å². The summed E-state index contributed by atoms with van der Waals surface area (Å²) in [6.07, 6.45) is 0.667. The highest BCUT2D eigenvalue weighted by molar-refractivity contribution is 7.99. The minimum atomic E-state index is -0.437. The van der Waals surface area contributed by atoms with E-state index in [0.717, 1.165) is 11.8 Å². The summed E-state index contributed by atoms with van der Waals surface area (Å²) in [4.78, 5) is 14.6. The number of ether oxygens (including phenoxy) is 1. The Hall–Kier alpha value is -2.08. The molecule has 3 rings (SSSR count). The summed E-state index contributed by atoms with van der Waals surface area (Å²) in [5.41, 5.74) is 0.982. The van der Waals surface area contributed by atoms with Crippen molar-refractivity contribution in [1.29, 1.82) is 0 Å². The van der Waals surface area contributed by atoms with Crippen LogP contribution in [0.5, 0.6) is 5.75 Å². The molecule has 3 nitrogen and oxygen atoms in total. The zero-order valence-electron chi connectivity index (χ0n) is 15.5. The van der Waals surface area contributed by atoms with Crippen molar-refractivity contribution in [3.8, 4) is 5.75 Å². The number of hydrogen-bond acceptors (Lipinski definition) is 3. The molecule has 0 saturated carbocycles. The van der Waals surface area contributed by atoms with Crippen LogP contribution in [-0.2, 0) is 0 Å². The lowest BCUT2D eigenvalue weighted by molar-refractivity contribution is 0.0766. The molecule has 6 heteroatoms. The van der Waals surface area contributed by atoms with Crippen LogP contribution in [0.2, 0.25) is 0 Å². The topological polar surface area (TPSA) is 29.5 Å². The van der Waals surface area contributed by atoms with Crippen LogP contribution in [0.25, 0.3) is 0 Å². The highest BCUT2D eigenvalue weighted by atomic mass is 32.2. The maximum Gasteiger partial charge on any atom is 0.253 e. The van der Waals surface area contributed by atoms with E-state index in [-0.39, 0.29) is 17.3 Å². The third-order valence-corrected chi connectivity index (χ3v) is 5.72. The van der Waals surface area contributed by atoms with Gasteiger partial charge in [0.15, 0.2) is 0 Å². The van der Waals surface area contributed by atoms with Crippen LogP contribution in [0.4, 0.5) is 8.78 Å². The highest BCUT2D eigenvalue weighted by Gasteiger charge is 2.25. The summed E-state index contributed by atoms with van der Waals surface area (Å²) in [6.45, 7) is 5.00. The summed E-state index contributed by atoms with van der Waals surface area (Å²) in [6, 6.07) is 10.7. The van der Waals surface area contributed by atoms with E-state index in [9.17, 15) is 13.6 Å². The lowest BCUT2D eigenvalue weighted by atomic mass is 10.1. The molecular weight excluding hydrogens is 368 g/mol. The molecule has 1 unspecified atom stereocenters. The van der Waals surface area contributed by atoms with Gasteiger partial charge >= 0.3 is 0 Å². The van der Waals surface area contributed by atoms with E-state index >= 15 is 0 Å². The Kier molecular flexibility index (Phi) is 6.37. The fourth-order valence-corrected chi connectivity index (χ4v) is 4.36. The Balaban J connectivity index is 1.66. The predicted molar refractivity (Wildman–Crippen MR) is 104 cm³/mol. The van der Waals surface area contributed by atoms with Crippen molar-refractivity contribution in [2.75, 3.05) is 18.8 Å². The molecule has 0 N–H and O–H groups in total. The quantitative estimate of drug-likeness (QED) is 0.729. The van der Waals surface area contributed by atoms with Crippen molar-refractivity contribution >= 4 is 17.7 Å². The van der Waals surface area contributed by atoms with Crippen molar-refractivity contribution in [3.05, 3.63) is 65.2 Å². The van der Waals surface area contributed by atoms with Crippen molar-refractivity contribution in [2.24, 2.45) is 0 Å². The number of benzene rings is 2. The normalized spacial score (nSPS) is 17.7. The van der Waals surface area contributed by atoms with Crippen LogP contribution in [0.1, 0.15) is 41.4 Å². The van der Waals surface area contributed by atoms with Gasteiger partial charge in [-0.15, -0.1) is 0 Å². The molecule has 27 heavy (non-hydrogen) atoms. The number of thioether (sulfide) groups is 1. The summed E-state index contributed by atoms with van der Waals surface area (Å²) < 4.78 is 33.2. The number of amides is 1. The molecule has 1 aliphatic heterocycles. The highest BCUT2D eigenvalue weighted by Crippen LogP contribution is 2.36. The molecule has 1 saturated heterocycles. The summed E-state index contributed by atoms with van der Waals surface area (Å²) in [7, 11) is 0. The summed E-state index contributed by atoms with van der Waals surface area (Å²) in [5, 5.41) is -0.152. The van der Waals surface area contributed by atoms with Gasteiger partial charge < -0.3 is 9.64 Å². The third-order valence-electron chi connectivity index (χ3n) is 4.41. The minimum Gasteiger partial charge on any atom is -0.491 e. The van der Waals surface area contributed by atoms with Gasteiger partial charge in [0.25, 0.3) is 5.91 Å². The van der Waals surface area contributed by atoms with E-state index in [1.165, 1.54) is 12.1 Å². The molecule has 0 bridgehead atoms. The molecule has 1 amide bonds. The molecule has 2 aromatic carbocycles. The summed E-state index contributed by atoms with van der Waals surface area (Å²) in [5.74, 6) is 0.532. The Labute approximate surface area is 162 Å². The first kappa shape index (κ1) is 19.7. The molecule has 0 radical (unpaired) electrons. The van der Waals surface area contributed by atoms with Crippen molar-refractivity contribution in [1.82, 2.24) is 4.90 Å². The number of hydrogen-bond donors (Lipinski definition) is 0. The van der Waals surface area contributed by atoms with Crippen molar-refractivity contribution in [3.63, 3.8) is 0 Å². The van der Waals surface area contributed by atoms with Crippen LogP contribution >= 0.6 is 11.8 Å². The van der Waals surface area contributed by atoms with Gasteiger partial charge in [0, 0.05) is 35.2 Å². The van der Waals surface area contributed by atoms with Crippen LogP contribution in [-0.4, -0.2) is 35.8 Å². The number of carbonyl (C=O) groups is 1. The molecule has 144 valence electrons. The van der Waals surface area contributed by atoms with Crippen molar-refractivity contribution in [2.45, 2.75) is 31.6 Å². The monoisotopic (exact) mass is 391 g/mol. The molecular formula is C21H23F2NO2S. The van der Waals surface area contributed by atoms with Crippen LogP contribution in [0.15, 0.2) is 42.5 Å². The van der Waals surface area contributed by atoms with Gasteiger partial charge in [-0.3, -0.25) is 4.79 Å². The first-order valence-corrected chi connectivity index (χ1v) is 10.1. The fourth-order valence-electron chi connectivity index (χ4n) is 3.11. The van der Waals surface area contributed by atoms with Gasteiger partial charge in [-0.05, 0) is 62.7 Å². The average molecular weight is 391 g/mol. The molecule has 1 fully saturated rings. The third kappa shape index (κ3) is 5.01. The van der Waals surface area contributed by atoms with E-state index in [4.69, 9.17) is 4.74 Å². The Morgan fingerprint density at radius 2 is 1.89 bits per heavy atom. The Bertz CT molecular complexity index is 795. The second-order valence-corrected chi connectivity index (χ2v) is 8.11. The van der Waals surface area contributed by atoms with E-state index < -0.39 is 11.6 Å². The van der Waals surface area contributed by atoms with Gasteiger partial charge in [-0.25, -0.2) is 8.78 Å². The lowest BCUT2D eigenvalue weighted by Gasteiger charge is -2.21. The Morgan fingerprint density at radius 1 is 1.15 bits per heavy atom. The maximum atomic E-state index is 14.1. The maximum absolute atomic E-state index is 14.1. The molecule has 0 aliphatic carbocycles. The second-order valence-electron chi connectivity index (χ2n) is 6.80. The molecule has 0 spiro atoms. The van der Waals surface area contributed by atoms with Gasteiger partial charge in [0.1, 0.15) is 17.4 Å². The lowest BCUT2D eigenvalue weighted by Crippen LogP contribution is -2.32. The molecule has 1 heterocycles. The average Bonchev–Trinajstić information content (AvgIpc) is 2.89. The number of rotatable bonds is 4. The zero-order chi connectivity index (χ0) is 19.4. The molecule has 1 atom stereocenters. The summed E-state index contributed by atoms with van der Waals surface area (Å²) >= 11 is 1.57. The largest absolute Gasteiger partial charge is 0.491 e. The second kappa shape index (κ2) is 8.74. The zero-order valence-corrected chi connectivity index (χ0v) is 16.3. The standard InChI is InChI=1S/C21H23F2NO2S/c1-14(2)26-17-6-3-15(4-7-17)21(25)24-10-9-20(27-12-11-24)18-13-16(22)5-8-19(18)23/h3-8,13-14,20H,9-12H2,1-2H3. The number of nitrogens with zero attached hydrogens (tertiary/aromatic N) is 1. The van der Waals surface area contributed by atoms with E-state index in [1.54, 1.807) is 40.9 Å². The number of carbonyl (C=O) groups excluding carboxylic acids is 1. The molecule has 2 aromatic rings. The molecule has 0 aromatic heterocycles. The van der Waals surface area contributed by atoms with Gasteiger partial charge in [0.05, 0.1) is 6.10 Å². The Morgan fingerprint density at radius 3 is 2.59 bits per heavy atom. The van der Waals surface area contributed by atoms with Gasteiger partial charge in [-0.2, -0.15) is 11.8 Å². The van der Waals surface area contributed by atoms with Gasteiger partial charge in [-0.1, -0.05) is 0 Å². The van der Waals surface area contributed by atoms with E-state index in [1.807, 2.05) is 13.8 Å². The predicted octanol–water partition coefficient (Wildman–Crippen LogP) is 5.07.